The van der Waals surface area contributed by atoms with Gasteiger partial charge >= 0.3 is 0 Å². The fourth-order valence-corrected chi connectivity index (χ4v) is 3.76. The van der Waals surface area contributed by atoms with Crippen LogP contribution in [-0.4, -0.2) is 20.1 Å². The second kappa shape index (κ2) is 5.72. The summed E-state index contributed by atoms with van der Waals surface area (Å²) in [6.45, 7) is 0. The normalized spacial score (nSPS) is 11.8. The lowest BCUT2D eigenvalue weighted by Crippen LogP contribution is -2.07. The molecular weight excluding hydrogens is 268 g/mol. The van der Waals surface area contributed by atoms with Crippen molar-refractivity contribution in [1.29, 1.82) is 0 Å². The molecule has 2 nitrogen and oxygen atoms in total. The van der Waals surface area contributed by atoms with Gasteiger partial charge in [0.15, 0.2) is 9.84 Å². The van der Waals surface area contributed by atoms with Crippen molar-refractivity contribution in [2.45, 2.75) is 17.7 Å². The molecule has 0 amide bonds. The van der Waals surface area contributed by atoms with E-state index in [0.29, 0.717) is 17.2 Å². The fourth-order valence-electron chi connectivity index (χ4n) is 1.96. The van der Waals surface area contributed by atoms with Gasteiger partial charge in [-0.05, 0) is 24.3 Å². The lowest BCUT2D eigenvalue weighted by atomic mass is 10.1. The van der Waals surface area contributed by atoms with E-state index < -0.39 is 9.84 Å². The molecule has 0 saturated heterocycles. The van der Waals surface area contributed by atoms with Crippen LogP contribution in [0.15, 0.2) is 47.4 Å². The van der Waals surface area contributed by atoms with Gasteiger partial charge in [0.05, 0.1) is 10.6 Å². The second-order valence-electron chi connectivity index (χ2n) is 4.19. The first-order chi connectivity index (χ1) is 8.65. The summed E-state index contributed by atoms with van der Waals surface area (Å²) >= 11 is 5.58. The standard InChI is InChI=1S/C14H15ClO2S/c15-10-3-4-11-18(16,17)14-9-5-7-12-6-1-2-8-13(12)14/h1-2,5-9H,3-4,10-11H2. The molecule has 4 heteroatoms. The molecule has 2 aromatic rings. The molecule has 0 heterocycles. The highest BCUT2D eigenvalue weighted by atomic mass is 35.5. The van der Waals surface area contributed by atoms with Crippen molar-refractivity contribution >= 4 is 32.2 Å². The van der Waals surface area contributed by atoms with Crippen molar-refractivity contribution in [2.24, 2.45) is 0 Å². The Labute approximate surface area is 113 Å². The zero-order valence-electron chi connectivity index (χ0n) is 9.97. The number of rotatable bonds is 5. The predicted molar refractivity (Wildman–Crippen MR) is 76.0 cm³/mol. The minimum atomic E-state index is -3.22. The van der Waals surface area contributed by atoms with E-state index in [1.165, 1.54) is 0 Å². The largest absolute Gasteiger partial charge is 0.224 e. The van der Waals surface area contributed by atoms with E-state index in [1.54, 1.807) is 12.1 Å². The molecule has 0 atom stereocenters. The number of benzene rings is 2. The molecule has 0 saturated carbocycles. The second-order valence-corrected chi connectivity index (χ2v) is 6.65. The molecular formula is C14H15ClO2S. The molecule has 0 unspecified atom stereocenters. The van der Waals surface area contributed by atoms with Crippen LogP contribution < -0.4 is 0 Å². The zero-order chi connectivity index (χ0) is 13.0. The average Bonchev–Trinajstić information content (AvgIpc) is 2.38. The molecule has 2 rings (SSSR count). The molecule has 0 bridgehead atoms. The van der Waals surface area contributed by atoms with E-state index in [-0.39, 0.29) is 5.75 Å². The van der Waals surface area contributed by atoms with E-state index in [1.807, 2.05) is 30.3 Å². The minimum absolute atomic E-state index is 0.160. The summed E-state index contributed by atoms with van der Waals surface area (Å²) < 4.78 is 24.6. The minimum Gasteiger partial charge on any atom is -0.224 e. The summed E-state index contributed by atoms with van der Waals surface area (Å²) in [5.41, 5.74) is 0. The third-order valence-electron chi connectivity index (χ3n) is 2.88. The van der Waals surface area contributed by atoms with Gasteiger partial charge in [-0.25, -0.2) is 8.42 Å². The van der Waals surface area contributed by atoms with Gasteiger partial charge in [-0.2, -0.15) is 0 Å². The number of halogens is 1. The highest BCUT2D eigenvalue weighted by Gasteiger charge is 2.16. The first-order valence-electron chi connectivity index (χ1n) is 5.91. The summed E-state index contributed by atoms with van der Waals surface area (Å²) in [4.78, 5) is 0.426. The highest BCUT2D eigenvalue weighted by Crippen LogP contribution is 2.24. The zero-order valence-corrected chi connectivity index (χ0v) is 11.5. The van der Waals surface area contributed by atoms with Crippen molar-refractivity contribution in [1.82, 2.24) is 0 Å². The molecule has 0 aliphatic rings. The van der Waals surface area contributed by atoms with E-state index in [2.05, 4.69) is 0 Å². The number of alkyl halides is 1. The van der Waals surface area contributed by atoms with Gasteiger partial charge in [-0.1, -0.05) is 36.4 Å². The lowest BCUT2D eigenvalue weighted by Gasteiger charge is -2.07. The average molecular weight is 283 g/mol. The van der Waals surface area contributed by atoms with E-state index in [9.17, 15) is 8.42 Å². The van der Waals surface area contributed by atoms with Gasteiger partial charge in [-0.3, -0.25) is 0 Å². The van der Waals surface area contributed by atoms with Gasteiger partial charge in [-0.15, -0.1) is 11.6 Å². The highest BCUT2D eigenvalue weighted by molar-refractivity contribution is 7.91. The molecule has 0 fully saturated rings. The molecule has 2 aromatic carbocycles. The third kappa shape index (κ3) is 2.85. The van der Waals surface area contributed by atoms with Gasteiger partial charge in [0.2, 0.25) is 0 Å². The molecule has 0 aliphatic carbocycles. The van der Waals surface area contributed by atoms with Crippen LogP contribution >= 0.6 is 11.6 Å². The number of hydrogen-bond donors (Lipinski definition) is 0. The van der Waals surface area contributed by atoms with Crippen LogP contribution in [0.25, 0.3) is 10.8 Å². The Morgan fingerprint density at radius 3 is 2.44 bits per heavy atom. The molecule has 96 valence electrons. The first-order valence-corrected chi connectivity index (χ1v) is 8.10. The Balaban J connectivity index is 2.41. The third-order valence-corrected chi connectivity index (χ3v) is 5.00. The van der Waals surface area contributed by atoms with Gasteiger partial charge in [0.25, 0.3) is 0 Å². The van der Waals surface area contributed by atoms with Crippen molar-refractivity contribution in [3.8, 4) is 0 Å². The Kier molecular flexibility index (Phi) is 4.25. The van der Waals surface area contributed by atoms with Crippen molar-refractivity contribution in [3.05, 3.63) is 42.5 Å². The summed E-state index contributed by atoms with van der Waals surface area (Å²) in [5.74, 6) is 0.665. The van der Waals surface area contributed by atoms with Crippen molar-refractivity contribution in [3.63, 3.8) is 0 Å². The van der Waals surface area contributed by atoms with Gasteiger partial charge < -0.3 is 0 Å². The SMILES string of the molecule is O=S(=O)(CCCCCl)c1cccc2ccccc12. The summed E-state index contributed by atoms with van der Waals surface area (Å²) in [6.07, 6.45) is 1.33. The summed E-state index contributed by atoms with van der Waals surface area (Å²) in [6, 6.07) is 12.9. The lowest BCUT2D eigenvalue weighted by molar-refractivity contribution is 0.593. The summed E-state index contributed by atoms with van der Waals surface area (Å²) in [7, 11) is -3.22. The Bertz CT molecular complexity index is 630. The van der Waals surface area contributed by atoms with Crippen LogP contribution in [0.5, 0.6) is 0 Å². The molecule has 18 heavy (non-hydrogen) atoms. The van der Waals surface area contributed by atoms with Crippen LogP contribution in [0.4, 0.5) is 0 Å². The van der Waals surface area contributed by atoms with Gasteiger partial charge in [0.1, 0.15) is 0 Å². The number of unbranched alkanes of at least 4 members (excludes halogenated alkanes) is 1. The Hall–Kier alpha value is -1.06. The van der Waals surface area contributed by atoms with E-state index in [4.69, 9.17) is 11.6 Å². The van der Waals surface area contributed by atoms with Crippen LogP contribution in [0, 0.1) is 0 Å². The van der Waals surface area contributed by atoms with Crippen molar-refractivity contribution < 1.29 is 8.42 Å². The number of sulfone groups is 1. The quantitative estimate of drug-likeness (QED) is 0.620. The maximum Gasteiger partial charge on any atom is 0.178 e. The van der Waals surface area contributed by atoms with Crippen LogP contribution in [0.3, 0.4) is 0 Å². The summed E-state index contributed by atoms with van der Waals surface area (Å²) in [5, 5.41) is 1.75. The van der Waals surface area contributed by atoms with Crippen LogP contribution in [-0.2, 0) is 9.84 Å². The number of hydrogen-bond acceptors (Lipinski definition) is 2. The Morgan fingerprint density at radius 1 is 0.944 bits per heavy atom. The van der Waals surface area contributed by atoms with E-state index in [0.717, 1.165) is 17.2 Å². The molecule has 0 aliphatic heterocycles. The molecule has 0 spiro atoms. The molecule has 0 radical (unpaired) electrons. The molecule has 0 N–H and O–H groups in total. The maximum atomic E-state index is 12.3. The monoisotopic (exact) mass is 282 g/mol. The van der Waals surface area contributed by atoms with Crippen LogP contribution in [0.2, 0.25) is 0 Å². The number of fused-ring (bicyclic) bond motifs is 1. The predicted octanol–water partition coefficient (Wildman–Crippen LogP) is 3.63. The topological polar surface area (TPSA) is 34.1 Å². The first kappa shape index (κ1) is 13.4. The van der Waals surface area contributed by atoms with Crippen LogP contribution in [0.1, 0.15) is 12.8 Å². The smallest absolute Gasteiger partial charge is 0.178 e. The Morgan fingerprint density at radius 2 is 1.67 bits per heavy atom. The van der Waals surface area contributed by atoms with Gasteiger partial charge in [0, 0.05) is 11.3 Å². The maximum absolute atomic E-state index is 12.3. The van der Waals surface area contributed by atoms with Crippen molar-refractivity contribution in [2.75, 3.05) is 11.6 Å². The molecule has 0 aromatic heterocycles. The fraction of sp³-hybridized carbons (Fsp3) is 0.286. The van der Waals surface area contributed by atoms with E-state index >= 15 is 0 Å².